The van der Waals surface area contributed by atoms with Gasteiger partial charge in [0.05, 0.1) is 30.4 Å². The summed E-state index contributed by atoms with van der Waals surface area (Å²) in [5.74, 6) is -0.111. The van der Waals surface area contributed by atoms with Crippen LogP contribution in [0.5, 0.6) is 5.75 Å². The lowest BCUT2D eigenvalue weighted by molar-refractivity contribution is -0.00835. The molecule has 4 rings (SSSR count). The lowest BCUT2D eigenvalue weighted by Crippen LogP contribution is -2.48. The van der Waals surface area contributed by atoms with Gasteiger partial charge in [-0.2, -0.15) is 4.31 Å². The standard InChI is InChI=1S/C34H53N5O8S/c1-22-19-39(23(2)21-40)33(41)29-18-28(36-34(42)35-27-13-8-7-9-14-27)15-16-30(29)46-24(3)12-10-11-17-45-31(22)20-38(6)48(43,44)32-25(4)37-47-26(32)5/h15-16,18,22-24,27,31,40H,7-14,17,19-21H2,1-6H3,(H2,35,36,42)/t22-,23+,24+,31+/m1/s1. The maximum atomic E-state index is 14.4. The molecule has 0 saturated heterocycles. The molecule has 2 aliphatic rings. The largest absolute Gasteiger partial charge is 0.490 e. The summed E-state index contributed by atoms with van der Waals surface area (Å²) >= 11 is 0. The van der Waals surface area contributed by atoms with Gasteiger partial charge >= 0.3 is 6.03 Å². The quantitative estimate of drug-likeness (QED) is 0.351. The molecule has 4 atom stereocenters. The number of urea groups is 1. The molecule has 0 bridgehead atoms. The molecule has 3 N–H and O–H groups in total. The van der Waals surface area contributed by atoms with E-state index in [4.69, 9.17) is 14.0 Å². The van der Waals surface area contributed by atoms with Crippen molar-refractivity contribution in [1.29, 1.82) is 0 Å². The molecule has 3 amide bonds. The van der Waals surface area contributed by atoms with E-state index in [-0.39, 0.29) is 71.6 Å². The second kappa shape index (κ2) is 17.0. The number of nitrogens with zero attached hydrogens (tertiary/aromatic N) is 3. The van der Waals surface area contributed by atoms with Crippen molar-refractivity contribution >= 4 is 27.6 Å². The molecule has 0 radical (unpaired) electrons. The Kier molecular flexibility index (Phi) is 13.3. The molecule has 1 aliphatic heterocycles. The Hall–Kier alpha value is -3.20. The van der Waals surface area contributed by atoms with E-state index in [2.05, 4.69) is 15.8 Å². The zero-order valence-electron chi connectivity index (χ0n) is 29.2. The Bertz CT molecular complexity index is 1470. The van der Waals surface area contributed by atoms with Crippen LogP contribution in [0.1, 0.15) is 93.9 Å². The van der Waals surface area contributed by atoms with Crippen molar-refractivity contribution in [1.82, 2.24) is 19.7 Å². The summed E-state index contributed by atoms with van der Waals surface area (Å²) in [4.78, 5) is 28.9. The molecule has 1 aromatic heterocycles. The first-order valence-corrected chi connectivity index (χ1v) is 18.6. The van der Waals surface area contributed by atoms with E-state index in [1.807, 2.05) is 13.8 Å². The topological polar surface area (TPSA) is 164 Å². The number of anilines is 1. The predicted octanol–water partition coefficient (Wildman–Crippen LogP) is 4.86. The number of amides is 3. The van der Waals surface area contributed by atoms with Crippen LogP contribution < -0.4 is 15.4 Å². The van der Waals surface area contributed by atoms with E-state index < -0.39 is 22.2 Å². The molecule has 0 unspecified atom stereocenters. The van der Waals surface area contributed by atoms with Crippen LogP contribution in [-0.4, -0.2) is 97.5 Å². The molecule has 268 valence electrons. The number of rotatable bonds is 8. The number of carbonyl (C=O) groups excluding carboxylic acids is 2. The molecular formula is C34H53N5O8S. The second-order valence-corrected chi connectivity index (χ2v) is 15.4. The third-order valence-corrected chi connectivity index (χ3v) is 11.4. The number of aliphatic hydroxyl groups excluding tert-OH is 1. The van der Waals surface area contributed by atoms with Gasteiger partial charge < -0.3 is 34.6 Å². The highest BCUT2D eigenvalue weighted by Crippen LogP contribution is 2.29. The van der Waals surface area contributed by atoms with Gasteiger partial charge in [0.2, 0.25) is 10.0 Å². The summed E-state index contributed by atoms with van der Waals surface area (Å²) < 4.78 is 46.1. The van der Waals surface area contributed by atoms with Gasteiger partial charge in [0.15, 0.2) is 5.76 Å². The van der Waals surface area contributed by atoms with Crippen molar-refractivity contribution in [3.63, 3.8) is 0 Å². The highest BCUT2D eigenvalue weighted by atomic mass is 32.2. The molecule has 1 aromatic carbocycles. The van der Waals surface area contributed by atoms with Gasteiger partial charge in [-0.05, 0) is 78.0 Å². The number of carbonyl (C=O) groups is 2. The van der Waals surface area contributed by atoms with E-state index >= 15 is 0 Å². The minimum Gasteiger partial charge on any atom is -0.490 e. The highest BCUT2D eigenvalue weighted by Gasteiger charge is 2.34. The minimum absolute atomic E-state index is 0.0311. The van der Waals surface area contributed by atoms with E-state index in [9.17, 15) is 23.1 Å². The molecule has 1 fully saturated rings. The number of aromatic nitrogens is 1. The smallest absolute Gasteiger partial charge is 0.319 e. The van der Waals surface area contributed by atoms with Gasteiger partial charge in [-0.1, -0.05) is 31.3 Å². The van der Waals surface area contributed by atoms with Crippen LogP contribution in [0.4, 0.5) is 10.5 Å². The Morgan fingerprint density at radius 3 is 2.50 bits per heavy atom. The van der Waals surface area contributed by atoms with Crippen LogP contribution in [0, 0.1) is 19.8 Å². The summed E-state index contributed by atoms with van der Waals surface area (Å²) in [6, 6.07) is 4.28. The SMILES string of the molecule is Cc1noc(C)c1S(=O)(=O)N(C)C[C@@H]1OCCCC[C@H](C)Oc2ccc(NC(=O)NC3CCCCC3)cc2C(=O)N([C@@H](C)CO)C[C@H]1C. The van der Waals surface area contributed by atoms with Crippen molar-refractivity contribution in [2.75, 3.05) is 38.7 Å². The zero-order chi connectivity index (χ0) is 35.0. The second-order valence-electron chi connectivity index (χ2n) is 13.4. The first-order chi connectivity index (χ1) is 22.8. The molecular weight excluding hydrogens is 638 g/mol. The number of nitrogens with one attached hydrogen (secondary N) is 2. The average Bonchev–Trinajstić information content (AvgIpc) is 3.40. The van der Waals surface area contributed by atoms with E-state index in [0.29, 0.717) is 24.5 Å². The van der Waals surface area contributed by atoms with Crippen LogP contribution >= 0.6 is 0 Å². The lowest BCUT2D eigenvalue weighted by atomic mass is 9.96. The Labute approximate surface area is 284 Å². The van der Waals surface area contributed by atoms with Crippen molar-refractivity contribution in [2.45, 2.75) is 115 Å². The molecule has 13 nitrogen and oxygen atoms in total. The highest BCUT2D eigenvalue weighted by molar-refractivity contribution is 7.89. The molecule has 1 saturated carbocycles. The number of sulfonamides is 1. The predicted molar refractivity (Wildman–Crippen MR) is 182 cm³/mol. The molecule has 2 aromatic rings. The van der Waals surface area contributed by atoms with Gasteiger partial charge in [0.1, 0.15) is 16.3 Å². The number of likely N-dealkylation sites (N-methyl/N-ethyl adjacent to an activating group) is 1. The van der Waals surface area contributed by atoms with E-state index in [1.165, 1.54) is 17.8 Å². The fraction of sp³-hybridized carbons (Fsp3) is 0.676. The van der Waals surface area contributed by atoms with Gasteiger partial charge in [-0.25, -0.2) is 13.2 Å². The summed E-state index contributed by atoms with van der Waals surface area (Å²) in [6.45, 7) is 9.06. The monoisotopic (exact) mass is 691 g/mol. The van der Waals surface area contributed by atoms with Crippen LogP contribution in [0.25, 0.3) is 0 Å². The number of hydrogen-bond donors (Lipinski definition) is 3. The maximum Gasteiger partial charge on any atom is 0.319 e. The molecule has 14 heteroatoms. The zero-order valence-corrected chi connectivity index (χ0v) is 30.0. The summed E-state index contributed by atoms with van der Waals surface area (Å²) in [7, 11) is -2.44. The van der Waals surface area contributed by atoms with Crippen LogP contribution in [0.2, 0.25) is 0 Å². The lowest BCUT2D eigenvalue weighted by Gasteiger charge is -2.35. The number of benzene rings is 1. The normalized spacial score (nSPS) is 22.8. The number of ether oxygens (including phenoxy) is 2. The third-order valence-electron chi connectivity index (χ3n) is 9.32. The summed E-state index contributed by atoms with van der Waals surface area (Å²) in [5.41, 5.74) is 0.991. The maximum absolute atomic E-state index is 14.4. The Balaban J connectivity index is 1.61. The third kappa shape index (κ3) is 9.48. The van der Waals surface area contributed by atoms with E-state index in [0.717, 1.165) is 38.5 Å². The van der Waals surface area contributed by atoms with Crippen LogP contribution in [-0.2, 0) is 14.8 Å². The van der Waals surface area contributed by atoms with Crippen molar-refractivity contribution in [3.8, 4) is 5.75 Å². The first-order valence-electron chi connectivity index (χ1n) is 17.1. The van der Waals surface area contributed by atoms with Gasteiger partial charge in [-0.3, -0.25) is 4.79 Å². The number of aliphatic hydroxyl groups is 1. The molecule has 0 spiro atoms. The number of aryl methyl sites for hydroxylation is 2. The van der Waals surface area contributed by atoms with Crippen molar-refractivity contribution < 1.29 is 37.1 Å². The van der Waals surface area contributed by atoms with Gasteiger partial charge in [0.25, 0.3) is 5.91 Å². The van der Waals surface area contributed by atoms with Crippen LogP contribution in [0.15, 0.2) is 27.6 Å². The minimum atomic E-state index is -3.94. The van der Waals surface area contributed by atoms with E-state index in [1.54, 1.807) is 43.9 Å². The Morgan fingerprint density at radius 2 is 1.83 bits per heavy atom. The molecule has 1 aliphatic carbocycles. The summed E-state index contributed by atoms with van der Waals surface area (Å²) in [6.07, 6.45) is 6.70. The number of hydrogen-bond acceptors (Lipinski definition) is 9. The van der Waals surface area contributed by atoms with Gasteiger partial charge in [-0.15, -0.1) is 0 Å². The molecule has 2 heterocycles. The van der Waals surface area contributed by atoms with Crippen molar-refractivity contribution in [2.24, 2.45) is 5.92 Å². The van der Waals surface area contributed by atoms with Crippen molar-refractivity contribution in [3.05, 3.63) is 35.2 Å². The Morgan fingerprint density at radius 1 is 1.12 bits per heavy atom. The average molecular weight is 692 g/mol. The number of fused-ring (bicyclic) bond motifs is 1. The first kappa shape index (κ1) is 37.6. The fourth-order valence-corrected chi connectivity index (χ4v) is 7.88. The fourth-order valence-electron chi connectivity index (χ4n) is 6.41. The summed E-state index contributed by atoms with van der Waals surface area (Å²) in [5, 5.41) is 20.0. The van der Waals surface area contributed by atoms with Gasteiger partial charge in [0, 0.05) is 44.4 Å². The van der Waals surface area contributed by atoms with Crippen LogP contribution in [0.3, 0.4) is 0 Å². The molecule has 48 heavy (non-hydrogen) atoms.